The second-order valence-corrected chi connectivity index (χ2v) is 4.96. The molecule has 18 heavy (non-hydrogen) atoms. The smallest absolute Gasteiger partial charge is 0.317 e. The Morgan fingerprint density at radius 2 is 2.17 bits per heavy atom. The zero-order valence-electron chi connectivity index (χ0n) is 11.2. The van der Waals surface area contributed by atoms with Crippen molar-refractivity contribution in [1.82, 2.24) is 10.2 Å². The minimum Gasteiger partial charge on any atom is -0.481 e. The summed E-state index contributed by atoms with van der Waals surface area (Å²) in [5.41, 5.74) is 0. The van der Waals surface area contributed by atoms with Crippen LogP contribution in [0, 0.1) is 11.8 Å². The van der Waals surface area contributed by atoms with Crippen molar-refractivity contribution in [2.45, 2.75) is 26.3 Å². The number of carboxylic acids is 1. The number of methoxy groups -OCH3 is 1. The first-order valence-electron chi connectivity index (χ1n) is 6.22. The molecule has 1 aliphatic rings. The topological polar surface area (TPSA) is 78.9 Å². The number of hydrogen-bond acceptors (Lipinski definition) is 3. The van der Waals surface area contributed by atoms with Gasteiger partial charge in [-0.2, -0.15) is 0 Å². The van der Waals surface area contributed by atoms with Gasteiger partial charge in [-0.1, -0.05) is 6.92 Å². The molecule has 0 aromatic carbocycles. The minimum absolute atomic E-state index is 0.00234. The van der Waals surface area contributed by atoms with Crippen molar-refractivity contribution in [2.24, 2.45) is 11.8 Å². The Kier molecular flexibility index (Phi) is 5.40. The van der Waals surface area contributed by atoms with E-state index in [1.807, 2.05) is 13.8 Å². The van der Waals surface area contributed by atoms with Crippen LogP contribution in [0.1, 0.15) is 20.3 Å². The maximum Gasteiger partial charge on any atom is 0.317 e. The Morgan fingerprint density at radius 1 is 1.50 bits per heavy atom. The number of aliphatic carboxylic acids is 1. The second-order valence-electron chi connectivity index (χ2n) is 4.96. The average Bonchev–Trinajstić information content (AvgIpc) is 2.68. The van der Waals surface area contributed by atoms with Gasteiger partial charge in [0, 0.05) is 32.8 Å². The van der Waals surface area contributed by atoms with Gasteiger partial charge >= 0.3 is 12.0 Å². The number of carboxylic acid groups (broad SMARTS) is 1. The summed E-state index contributed by atoms with van der Waals surface area (Å²) in [5, 5.41) is 11.9. The Balaban J connectivity index is 2.42. The van der Waals surface area contributed by atoms with Crippen molar-refractivity contribution in [3.8, 4) is 0 Å². The summed E-state index contributed by atoms with van der Waals surface area (Å²) in [7, 11) is 1.62. The van der Waals surface area contributed by atoms with Crippen LogP contribution in [-0.2, 0) is 9.53 Å². The van der Waals surface area contributed by atoms with Crippen LogP contribution in [0.3, 0.4) is 0 Å². The fraction of sp³-hybridized carbons (Fsp3) is 0.833. The first-order chi connectivity index (χ1) is 8.45. The van der Waals surface area contributed by atoms with E-state index in [9.17, 15) is 9.59 Å². The molecule has 1 saturated heterocycles. The van der Waals surface area contributed by atoms with Gasteiger partial charge in [-0.3, -0.25) is 4.79 Å². The van der Waals surface area contributed by atoms with Crippen LogP contribution < -0.4 is 5.32 Å². The largest absolute Gasteiger partial charge is 0.481 e. The molecule has 2 amide bonds. The lowest BCUT2D eigenvalue weighted by atomic mass is 9.99. The maximum absolute atomic E-state index is 11.9. The van der Waals surface area contributed by atoms with Crippen LogP contribution in [0.4, 0.5) is 4.79 Å². The van der Waals surface area contributed by atoms with E-state index in [1.165, 1.54) is 0 Å². The third kappa shape index (κ3) is 3.87. The van der Waals surface area contributed by atoms with Crippen LogP contribution in [0.15, 0.2) is 0 Å². The van der Waals surface area contributed by atoms with E-state index in [-0.39, 0.29) is 18.0 Å². The molecule has 2 N–H and O–H groups in total. The van der Waals surface area contributed by atoms with Crippen molar-refractivity contribution in [3.05, 3.63) is 0 Å². The van der Waals surface area contributed by atoms with Crippen LogP contribution in [0.2, 0.25) is 0 Å². The molecule has 6 heteroatoms. The molecule has 0 aromatic rings. The Labute approximate surface area is 107 Å². The number of ether oxygens (including phenoxy) is 1. The highest BCUT2D eigenvalue weighted by molar-refractivity contribution is 5.77. The van der Waals surface area contributed by atoms with E-state index in [0.717, 1.165) is 6.42 Å². The predicted octanol–water partition coefficient (Wildman–Crippen LogP) is 0.773. The Bertz CT molecular complexity index is 308. The summed E-state index contributed by atoms with van der Waals surface area (Å²) in [6, 6.07) is -0.161. The first-order valence-corrected chi connectivity index (χ1v) is 6.22. The van der Waals surface area contributed by atoms with E-state index < -0.39 is 11.9 Å². The van der Waals surface area contributed by atoms with Crippen molar-refractivity contribution < 1.29 is 19.4 Å². The fourth-order valence-corrected chi connectivity index (χ4v) is 2.12. The van der Waals surface area contributed by atoms with Gasteiger partial charge in [0.2, 0.25) is 0 Å². The quantitative estimate of drug-likeness (QED) is 0.763. The van der Waals surface area contributed by atoms with Gasteiger partial charge in [0.05, 0.1) is 5.92 Å². The molecule has 1 rings (SSSR count). The number of rotatable bonds is 5. The molecule has 3 atom stereocenters. The molecular formula is C12H22N2O4. The third-order valence-electron chi connectivity index (χ3n) is 3.34. The van der Waals surface area contributed by atoms with E-state index >= 15 is 0 Å². The Hall–Kier alpha value is -1.30. The van der Waals surface area contributed by atoms with Crippen molar-refractivity contribution in [1.29, 1.82) is 0 Å². The lowest BCUT2D eigenvalue weighted by molar-refractivity contribution is -0.142. The second kappa shape index (κ2) is 6.58. The van der Waals surface area contributed by atoms with Gasteiger partial charge < -0.3 is 20.1 Å². The highest BCUT2D eigenvalue weighted by Gasteiger charge is 2.37. The zero-order valence-corrected chi connectivity index (χ0v) is 11.2. The summed E-state index contributed by atoms with van der Waals surface area (Å²) >= 11 is 0. The van der Waals surface area contributed by atoms with Gasteiger partial charge in [-0.25, -0.2) is 4.79 Å². The number of urea groups is 1. The number of hydrogen-bond donors (Lipinski definition) is 2. The summed E-state index contributed by atoms with van der Waals surface area (Å²) in [6.45, 7) is 5.15. The van der Waals surface area contributed by atoms with E-state index in [4.69, 9.17) is 9.84 Å². The molecule has 0 aromatic heterocycles. The molecular weight excluding hydrogens is 236 g/mol. The number of carbonyl (C=O) groups is 2. The third-order valence-corrected chi connectivity index (χ3v) is 3.34. The maximum atomic E-state index is 11.9. The molecule has 3 unspecified atom stereocenters. The first kappa shape index (κ1) is 14.8. The number of nitrogens with zero attached hydrogens (tertiary/aromatic N) is 1. The van der Waals surface area contributed by atoms with Gasteiger partial charge in [0.25, 0.3) is 0 Å². The standard InChI is InChI=1S/C12H22N2O4/c1-8-6-14(7-10(8)11(15)16)12(17)13-9(2)4-5-18-3/h8-10H,4-7H2,1-3H3,(H,13,17)(H,15,16). The number of carbonyl (C=O) groups excluding carboxylic acids is 1. The lowest BCUT2D eigenvalue weighted by Crippen LogP contribution is -2.43. The molecule has 1 heterocycles. The van der Waals surface area contributed by atoms with Gasteiger partial charge in [0.15, 0.2) is 0 Å². The van der Waals surface area contributed by atoms with E-state index in [0.29, 0.717) is 19.7 Å². The van der Waals surface area contributed by atoms with Crippen LogP contribution in [0.5, 0.6) is 0 Å². The normalized spacial score (nSPS) is 24.9. The van der Waals surface area contributed by atoms with Gasteiger partial charge in [0.1, 0.15) is 0 Å². The van der Waals surface area contributed by atoms with Crippen molar-refractivity contribution in [2.75, 3.05) is 26.8 Å². The SMILES string of the molecule is COCCC(C)NC(=O)N1CC(C)C(C(=O)O)C1. The minimum atomic E-state index is -0.828. The monoisotopic (exact) mass is 258 g/mol. The highest BCUT2D eigenvalue weighted by atomic mass is 16.5. The number of amides is 2. The molecule has 0 aliphatic carbocycles. The molecule has 6 nitrogen and oxygen atoms in total. The number of nitrogens with one attached hydrogen (secondary N) is 1. The van der Waals surface area contributed by atoms with Crippen molar-refractivity contribution >= 4 is 12.0 Å². The van der Waals surface area contributed by atoms with Crippen LogP contribution in [0.25, 0.3) is 0 Å². The summed E-state index contributed by atoms with van der Waals surface area (Å²) in [4.78, 5) is 24.5. The predicted molar refractivity (Wildman–Crippen MR) is 66.3 cm³/mol. The molecule has 1 fully saturated rings. The van der Waals surface area contributed by atoms with E-state index in [2.05, 4.69) is 5.32 Å². The average molecular weight is 258 g/mol. The van der Waals surface area contributed by atoms with Crippen molar-refractivity contribution in [3.63, 3.8) is 0 Å². The molecule has 104 valence electrons. The van der Waals surface area contributed by atoms with Crippen LogP contribution in [-0.4, -0.2) is 54.9 Å². The molecule has 0 radical (unpaired) electrons. The Morgan fingerprint density at radius 3 is 2.67 bits per heavy atom. The lowest BCUT2D eigenvalue weighted by Gasteiger charge is -2.20. The molecule has 0 saturated carbocycles. The van der Waals surface area contributed by atoms with Crippen LogP contribution >= 0.6 is 0 Å². The molecule has 0 spiro atoms. The highest BCUT2D eigenvalue weighted by Crippen LogP contribution is 2.23. The summed E-state index contributed by atoms with van der Waals surface area (Å²) in [6.07, 6.45) is 0.744. The van der Waals surface area contributed by atoms with Gasteiger partial charge in [-0.15, -0.1) is 0 Å². The number of likely N-dealkylation sites (tertiary alicyclic amines) is 1. The summed E-state index contributed by atoms with van der Waals surface area (Å²) in [5.74, 6) is -1.28. The molecule has 1 aliphatic heterocycles. The van der Waals surface area contributed by atoms with Gasteiger partial charge in [-0.05, 0) is 19.3 Å². The van der Waals surface area contributed by atoms with E-state index in [1.54, 1.807) is 12.0 Å². The summed E-state index contributed by atoms with van der Waals surface area (Å²) < 4.78 is 4.94. The fourth-order valence-electron chi connectivity index (χ4n) is 2.12. The molecule has 0 bridgehead atoms. The zero-order chi connectivity index (χ0) is 13.7.